The van der Waals surface area contributed by atoms with Gasteiger partial charge in [0.05, 0.1) is 0 Å². The van der Waals surface area contributed by atoms with Gasteiger partial charge in [-0.3, -0.25) is 0 Å². The van der Waals surface area contributed by atoms with Crippen LogP contribution in [0.25, 0.3) is 6.08 Å². The first-order valence-corrected chi connectivity index (χ1v) is 19.1. The summed E-state index contributed by atoms with van der Waals surface area (Å²) >= 11 is 0.669. The van der Waals surface area contributed by atoms with E-state index in [1.807, 2.05) is 12.2 Å². The van der Waals surface area contributed by atoms with Crippen LogP contribution < -0.4 is 5.73 Å². The second-order valence-corrected chi connectivity index (χ2v) is 24.4. The quantitative estimate of drug-likeness (QED) is 0.189. The number of hydrogen-bond donors (Lipinski definition) is 1. The van der Waals surface area contributed by atoms with E-state index in [-0.39, 0.29) is 55.2 Å². The second kappa shape index (κ2) is 13.6. The summed E-state index contributed by atoms with van der Waals surface area (Å²) in [4.78, 5) is 13.3. The maximum Gasteiger partial charge on any atom is 0.673 e. The molecule has 0 saturated heterocycles. The smallest absolute Gasteiger partial charge is 0.418 e. The summed E-state index contributed by atoms with van der Waals surface area (Å²) in [6.45, 7) is 27.0. The van der Waals surface area contributed by atoms with Gasteiger partial charge in [-0.2, -0.15) is 0 Å². The summed E-state index contributed by atoms with van der Waals surface area (Å²) in [6.07, 6.45) is 8.13. The minimum absolute atomic E-state index is 0.0223. The van der Waals surface area contributed by atoms with E-state index in [1.54, 1.807) is 0 Å². The minimum Gasteiger partial charge on any atom is -0.418 e. The number of Topliss-reactive ketones (excluding diaryl/α,β-unsaturated/α-hetero) is 1. The number of rotatable bonds is 4. The van der Waals surface area contributed by atoms with Crippen LogP contribution in [0.3, 0.4) is 0 Å². The van der Waals surface area contributed by atoms with Gasteiger partial charge in [0, 0.05) is 0 Å². The molecule has 2 N–H and O–H groups in total. The monoisotopic (exact) mass is 801 g/mol. The van der Waals surface area contributed by atoms with Crippen molar-refractivity contribution in [2.45, 2.75) is 103 Å². The molecule has 0 atom stereocenters. The van der Waals surface area contributed by atoms with Crippen molar-refractivity contribution in [3.05, 3.63) is 76.5 Å². The molecule has 0 amide bonds. The minimum atomic E-state index is -6.00. The molecule has 0 saturated carbocycles. The third-order valence-corrected chi connectivity index (χ3v) is 13.8. The van der Waals surface area contributed by atoms with Crippen molar-refractivity contribution in [1.82, 2.24) is 0 Å². The Morgan fingerprint density at radius 1 is 0.767 bits per heavy atom. The average Bonchev–Trinajstić information content (AvgIpc) is 2.76. The van der Waals surface area contributed by atoms with Crippen LogP contribution in [0.2, 0.25) is 8.63 Å². The molecule has 2 heterocycles. The molecule has 0 unspecified atom stereocenters. The van der Waals surface area contributed by atoms with Crippen molar-refractivity contribution >= 4 is 63.5 Å². The number of nitrogens with two attached hydrogens (primary N) is 1. The molecule has 0 radical (unpaired) electrons. The summed E-state index contributed by atoms with van der Waals surface area (Å²) in [6, 6.07) is 4.54. The van der Waals surface area contributed by atoms with Crippen molar-refractivity contribution in [1.29, 1.82) is 0 Å². The van der Waals surface area contributed by atoms with Gasteiger partial charge in [0.1, 0.15) is 0 Å². The molecule has 1 aliphatic carbocycles. The van der Waals surface area contributed by atoms with Gasteiger partial charge < -0.3 is 17.3 Å². The maximum absolute atomic E-state index is 13.3. The summed E-state index contributed by atoms with van der Waals surface area (Å²) < 4.78 is 50.6. The number of carbonyl (C=O) groups is 1. The molecule has 3 nitrogen and oxygen atoms in total. The van der Waals surface area contributed by atoms with Gasteiger partial charge in [-0.1, -0.05) is 0 Å². The van der Waals surface area contributed by atoms with Crippen LogP contribution in [-0.2, 0) is 20.4 Å². The molecule has 0 aromatic carbocycles. The number of carbonyl (C=O) groups excluding carboxylic acids is 1. The molecule has 0 spiro atoms. The Hall–Kier alpha value is -1.34. The summed E-state index contributed by atoms with van der Waals surface area (Å²) in [5, 5.41) is 0. The summed E-state index contributed by atoms with van der Waals surface area (Å²) in [5.41, 5.74) is 10.6. The topological polar surface area (TPSA) is 52.3 Å². The summed E-state index contributed by atoms with van der Waals surface area (Å²) in [7, 11) is -6.00. The molecule has 1 aromatic heterocycles. The van der Waals surface area contributed by atoms with Crippen molar-refractivity contribution in [2.75, 3.05) is 0 Å². The molecule has 1 aromatic rings. The molecule has 3 rings (SSSR count). The van der Waals surface area contributed by atoms with Gasteiger partial charge in [-0.25, -0.2) is 0 Å². The van der Waals surface area contributed by atoms with Gasteiger partial charge in [-0.05, 0) is 0 Å². The predicted octanol–water partition coefficient (Wildman–Crippen LogP) is 8.58. The van der Waals surface area contributed by atoms with Gasteiger partial charge >= 0.3 is 258 Å². The Kier molecular flexibility index (Phi) is 11.9. The number of ketones is 1. The Labute approximate surface area is 273 Å². The first-order valence-electron chi connectivity index (χ1n) is 14.0. The third-order valence-electron chi connectivity index (χ3n) is 5.57. The first-order chi connectivity index (χ1) is 19.1. The van der Waals surface area contributed by atoms with Crippen molar-refractivity contribution < 1.29 is 26.8 Å². The molecule has 1 aliphatic heterocycles. The van der Waals surface area contributed by atoms with E-state index in [0.29, 0.717) is 31.3 Å². The maximum atomic E-state index is 13.3. The van der Waals surface area contributed by atoms with Crippen LogP contribution in [0.4, 0.5) is 17.3 Å². The molecular weight excluding hydrogens is 754 g/mol. The van der Waals surface area contributed by atoms with E-state index >= 15 is 0 Å². The molecule has 0 bridgehead atoms. The summed E-state index contributed by atoms with van der Waals surface area (Å²) in [5.74, 6) is 0.0223. The van der Waals surface area contributed by atoms with Gasteiger partial charge in [-0.15, -0.1) is 0 Å². The largest absolute Gasteiger partial charge is 0.673 e. The first kappa shape index (κ1) is 37.8. The van der Waals surface area contributed by atoms with Crippen molar-refractivity contribution in [2.24, 2.45) is 5.73 Å². The molecular formula is C32H44BF4NO2Se3. The third kappa shape index (κ3) is 12.9. The van der Waals surface area contributed by atoms with Crippen LogP contribution in [0.5, 0.6) is 0 Å². The number of allylic oxidation sites excluding steroid dienone is 6. The van der Waals surface area contributed by atoms with Gasteiger partial charge in [0.2, 0.25) is 0 Å². The molecule has 0 fully saturated rings. The van der Waals surface area contributed by atoms with E-state index in [2.05, 4.69) is 107 Å². The van der Waals surface area contributed by atoms with Crippen LogP contribution >= 0.6 is 0 Å². The predicted molar refractivity (Wildman–Crippen MR) is 176 cm³/mol. The van der Waals surface area contributed by atoms with Gasteiger partial charge in [0.25, 0.3) is 0 Å². The second-order valence-electron chi connectivity index (χ2n) is 14.4. The Balaban J connectivity index is 0.00000119. The van der Waals surface area contributed by atoms with Crippen LogP contribution in [0.1, 0.15) is 97.5 Å². The molecule has 43 heavy (non-hydrogen) atoms. The number of ether oxygens (including phenoxy) is 1. The van der Waals surface area contributed by atoms with Gasteiger partial charge in [0.15, 0.2) is 0 Å². The normalized spacial score (nSPS) is 17.5. The molecule has 2 aliphatic rings. The van der Waals surface area contributed by atoms with Crippen LogP contribution in [0, 0.1) is 0 Å². The zero-order valence-corrected chi connectivity index (χ0v) is 32.3. The van der Waals surface area contributed by atoms with E-state index < -0.39 is 7.25 Å². The fraction of sp³-hybridized carbons (Fsp3) is 0.500. The fourth-order valence-electron chi connectivity index (χ4n) is 3.70. The fourth-order valence-corrected chi connectivity index (χ4v) is 10.5. The van der Waals surface area contributed by atoms with E-state index in [0.717, 1.165) is 20.5 Å². The molecule has 238 valence electrons. The Bertz CT molecular complexity index is 1320. The zero-order valence-electron chi connectivity index (χ0n) is 27.2. The standard InChI is InChI=1S/C32H43NO2Se3.BF4/c1-29(2,3)23-15-19(16-24(36-23)30(4,5)6)13-21-27(33)22(28(21)34)14-20-17-25(37-31(7,8)9)35-26(18-20)38-32(10,11)12;2-1(3,4)5/h13-18H,1-12H3,(H-,33,34);/q;-1/p+1. The van der Waals surface area contributed by atoms with E-state index in [4.69, 9.17) is 10.5 Å². The van der Waals surface area contributed by atoms with E-state index in [1.165, 1.54) is 8.87 Å². The van der Waals surface area contributed by atoms with Crippen molar-refractivity contribution in [3.63, 3.8) is 0 Å². The average molecular weight is 798 g/mol. The zero-order chi connectivity index (χ0) is 33.3. The number of hydrogen-bond acceptors (Lipinski definition) is 3. The van der Waals surface area contributed by atoms with Crippen molar-refractivity contribution in [3.8, 4) is 0 Å². The van der Waals surface area contributed by atoms with Crippen LogP contribution in [0.15, 0.2) is 62.1 Å². The Morgan fingerprint density at radius 2 is 1.16 bits per heavy atom. The number of halogens is 4. The van der Waals surface area contributed by atoms with E-state index in [9.17, 15) is 22.1 Å². The van der Waals surface area contributed by atoms with Crippen LogP contribution in [-0.4, -0.2) is 57.5 Å². The molecule has 11 heteroatoms. The Morgan fingerprint density at radius 3 is 1.49 bits per heavy atom. The SMILES string of the molecule is CC(C)(C)[Se]C1=CC(=CC2=C(N)C(=Cc3cc(C(C)(C)C)[se+]c(C(C)(C)C)c3)C2=O)C=C([Se]C(C)(C)C)O1.F[B-](F)(F)F.